The van der Waals surface area contributed by atoms with Crippen LogP contribution in [-0.4, -0.2) is 59.8 Å². The van der Waals surface area contributed by atoms with Crippen molar-refractivity contribution in [1.29, 1.82) is 0 Å². The third-order valence-corrected chi connectivity index (χ3v) is 29.7. The Hall–Kier alpha value is -18.3. The number of hydrogen-bond acceptors (Lipinski definition) is 18. The minimum atomic E-state index is 0.680. The van der Waals surface area contributed by atoms with Crippen molar-refractivity contribution in [3.63, 3.8) is 0 Å². The Kier molecular flexibility index (Phi) is 23.5. The van der Waals surface area contributed by atoms with Gasteiger partial charge >= 0.3 is 0 Å². The highest BCUT2D eigenvalue weighted by molar-refractivity contribution is 7.14. The minimum absolute atomic E-state index is 0.680. The lowest BCUT2D eigenvalue weighted by Crippen LogP contribution is -1.94. The number of hydrogen-bond donors (Lipinski definition) is 0. The molecule has 0 aliphatic carbocycles. The second kappa shape index (κ2) is 38.8. The third kappa shape index (κ3) is 17.1. The van der Waals surface area contributed by atoms with E-state index >= 15 is 0 Å². The highest BCUT2D eigenvalue weighted by Crippen LogP contribution is 2.50. The maximum Gasteiger partial charge on any atom is 0.181 e. The van der Waals surface area contributed by atoms with Crippen molar-refractivity contribution in [2.45, 2.75) is 0 Å². The SMILES string of the molecule is c1ccc(-c2ccc(-c3ccc4c(-c5ccc(-c6cncs6)cn5)c5ccccc5c(-c5ccc(-c6cncs6)cn5)c4c3)cc2)cc1.c1ccc(-c2cccc(-c3ccc4c(-c5ccc(-c6cnco6)cn5)c5ccccc5c(-c5ccc(-c6cnco6)cn5)c4c3)c2)cc1.c1ccc(-c2cccc(-c3ccc4c(-c5ccc(-c6cncs6)cn5)c5ccccc5c(-c5ccc(-c6cncs6)cn5)c4c3)c2)cc1. The molecule has 0 aliphatic rings. The maximum atomic E-state index is 5.54. The monoisotopic (exact) mass is 1920 g/mol. The van der Waals surface area contributed by atoms with Crippen molar-refractivity contribution < 1.29 is 8.83 Å². The third-order valence-electron chi connectivity index (χ3n) is 26.4. The Morgan fingerprint density at radius 3 is 0.611 bits per heavy atom. The van der Waals surface area contributed by atoms with Gasteiger partial charge in [0, 0.05) is 129 Å². The predicted octanol–water partition coefficient (Wildman–Crippen LogP) is 34.2. The maximum absolute atomic E-state index is 5.54. The van der Waals surface area contributed by atoms with Gasteiger partial charge in [-0.15, -0.1) is 45.3 Å². The summed E-state index contributed by atoms with van der Waals surface area (Å²) in [5.41, 5.74) is 39.6. The summed E-state index contributed by atoms with van der Waals surface area (Å²) in [6.07, 6.45) is 25.4. The number of thiazole rings is 4. The van der Waals surface area contributed by atoms with Crippen LogP contribution in [0.15, 0.2) is 482 Å². The van der Waals surface area contributed by atoms with Crippen LogP contribution >= 0.6 is 45.3 Å². The van der Waals surface area contributed by atoms with Crippen LogP contribution < -0.4 is 0 Å². The molecule has 0 N–H and O–H groups in total. The van der Waals surface area contributed by atoms with Crippen LogP contribution in [0.2, 0.25) is 0 Å². The molecule has 0 unspecified atom stereocenters. The molecule has 0 spiro atoms. The molecule has 18 heteroatoms. The number of aromatic nitrogens is 12. The van der Waals surface area contributed by atoms with Crippen molar-refractivity contribution in [2.24, 2.45) is 0 Å². The van der Waals surface area contributed by atoms with E-state index < -0.39 is 0 Å². The highest BCUT2D eigenvalue weighted by Gasteiger charge is 2.26. The molecule has 0 amide bonds. The number of nitrogens with zero attached hydrogens (tertiary/aromatic N) is 12. The number of rotatable bonds is 18. The smallest absolute Gasteiger partial charge is 0.181 e. The Morgan fingerprint density at radius 2 is 0.354 bits per heavy atom. The fourth-order valence-corrected chi connectivity index (χ4v) is 22.0. The van der Waals surface area contributed by atoms with Gasteiger partial charge in [-0.2, -0.15) is 0 Å². The summed E-state index contributed by atoms with van der Waals surface area (Å²) < 4.78 is 11.1. The van der Waals surface area contributed by atoms with Gasteiger partial charge in [-0.25, -0.2) is 9.97 Å². The predicted molar refractivity (Wildman–Crippen MR) is 592 cm³/mol. The van der Waals surface area contributed by atoms with Crippen LogP contribution in [0.25, 0.3) is 263 Å². The fraction of sp³-hybridized carbons (Fsp3) is 0. The Morgan fingerprint density at radius 1 is 0.146 bits per heavy atom. The van der Waals surface area contributed by atoms with E-state index in [-0.39, 0.29) is 0 Å². The number of pyridine rings is 6. The zero-order valence-electron chi connectivity index (χ0n) is 76.8. The summed E-state index contributed by atoms with van der Waals surface area (Å²) in [5, 5.41) is 13.5. The van der Waals surface area contributed by atoms with E-state index in [0.29, 0.717) is 11.5 Å². The van der Waals surface area contributed by atoms with Gasteiger partial charge in [-0.1, -0.05) is 261 Å². The summed E-state index contributed by atoms with van der Waals surface area (Å²) in [4.78, 5) is 59.7. The zero-order valence-corrected chi connectivity index (χ0v) is 80.1. The first-order valence-electron chi connectivity index (χ1n) is 46.9. The molecule has 0 bridgehead atoms. The summed E-state index contributed by atoms with van der Waals surface area (Å²) >= 11 is 6.48. The van der Waals surface area contributed by atoms with Crippen LogP contribution in [-0.2, 0) is 0 Å². The van der Waals surface area contributed by atoms with Gasteiger partial charge in [-0.05, 0) is 235 Å². The normalized spacial score (nSPS) is 11.3. The van der Waals surface area contributed by atoms with Gasteiger partial charge in [0.2, 0.25) is 0 Å². The van der Waals surface area contributed by atoms with Crippen molar-refractivity contribution >= 4 is 110 Å². The number of oxazole rings is 2. The van der Waals surface area contributed by atoms with Crippen LogP contribution in [0.3, 0.4) is 0 Å². The minimum Gasteiger partial charge on any atom is -0.443 e. The molecule has 144 heavy (non-hydrogen) atoms. The molecular formula is C126H78N12O2S4. The van der Waals surface area contributed by atoms with Gasteiger partial charge in [-0.3, -0.25) is 49.8 Å². The summed E-state index contributed by atoms with van der Waals surface area (Å²) in [7, 11) is 0. The van der Waals surface area contributed by atoms with Crippen LogP contribution in [0, 0.1) is 0 Å². The Bertz CT molecular complexity index is 8920. The molecule has 27 aromatic rings. The van der Waals surface area contributed by atoms with E-state index in [4.69, 9.17) is 38.7 Å². The van der Waals surface area contributed by atoms with Crippen molar-refractivity contribution in [3.8, 4) is 199 Å². The molecule has 27 rings (SSSR count). The second-order valence-electron chi connectivity index (χ2n) is 34.8. The quantitative estimate of drug-likeness (QED) is 0.0740. The van der Waals surface area contributed by atoms with E-state index in [0.717, 1.165) is 213 Å². The summed E-state index contributed by atoms with van der Waals surface area (Å²) in [5.74, 6) is 1.36. The standard InChI is InChI=1S/C42H26N4O2.2C42H26N4S2/c2*1-2-7-27(8-3-1)28-9-6-10-29(19-28)30-13-16-35-36(20-30)42(38-18-15-32(22-46-38)40-24-44-26-48-40)34-12-5-4-11-33(34)41(35)37-17-14-31(21-45-37)39-23-43-25-47-39;1-2-6-27(7-3-1)28-10-12-29(13-11-28)30-14-17-35-36(20-30)42(38-19-16-32(22-46-38)40-24-44-26-48-40)34-9-5-4-8-33(34)41(35)37-18-15-31(21-45-37)39-23-43-25-47-39/h3*1-26H. The van der Waals surface area contributed by atoms with Crippen LogP contribution in [0.5, 0.6) is 0 Å². The van der Waals surface area contributed by atoms with E-state index in [9.17, 15) is 0 Å². The van der Waals surface area contributed by atoms with Crippen molar-refractivity contribution in [1.82, 2.24) is 59.8 Å². The molecule has 0 fully saturated rings. The topological polar surface area (TPSA) is 181 Å². The molecule has 0 aliphatic heterocycles. The molecule has 14 nitrogen and oxygen atoms in total. The van der Waals surface area contributed by atoms with Gasteiger partial charge in [0.15, 0.2) is 24.3 Å². The van der Waals surface area contributed by atoms with Crippen molar-refractivity contribution in [2.75, 3.05) is 0 Å². The van der Waals surface area contributed by atoms with Gasteiger partial charge < -0.3 is 8.83 Å². The molecular weight excluding hydrogens is 1840 g/mol. The fourth-order valence-electron chi connectivity index (χ4n) is 19.5. The van der Waals surface area contributed by atoms with E-state index in [1.54, 1.807) is 57.7 Å². The summed E-state index contributed by atoms with van der Waals surface area (Å²) in [6.45, 7) is 0. The molecule has 12 heterocycles. The lowest BCUT2D eigenvalue weighted by molar-refractivity contribution is 0.571. The number of benzene rings is 15. The first-order valence-corrected chi connectivity index (χ1v) is 50.5. The molecule has 0 atom stereocenters. The Balaban J connectivity index is 0.000000113. The molecule has 678 valence electrons. The van der Waals surface area contributed by atoms with E-state index in [1.165, 1.54) is 51.7 Å². The average molecular weight is 1920 g/mol. The average Bonchev–Trinajstić information content (AvgIpc) is 0.800. The van der Waals surface area contributed by atoms with E-state index in [1.807, 2.05) is 102 Å². The van der Waals surface area contributed by atoms with Crippen molar-refractivity contribution in [3.05, 3.63) is 473 Å². The first kappa shape index (κ1) is 87.2. The largest absolute Gasteiger partial charge is 0.443 e. The zero-order chi connectivity index (χ0) is 95.6. The Labute approximate surface area is 843 Å². The lowest BCUT2D eigenvalue weighted by atomic mass is 9.87. The van der Waals surface area contributed by atoms with E-state index in [2.05, 4.69) is 376 Å². The molecule has 12 aromatic heterocycles. The number of fused-ring (bicyclic) bond motifs is 6. The molecule has 0 saturated heterocycles. The van der Waals surface area contributed by atoms with Crippen LogP contribution in [0.1, 0.15) is 0 Å². The van der Waals surface area contributed by atoms with Gasteiger partial charge in [0.25, 0.3) is 0 Å². The lowest BCUT2D eigenvalue weighted by Gasteiger charge is -2.18. The highest BCUT2D eigenvalue weighted by atomic mass is 32.1. The first-order chi connectivity index (χ1) is 71.4. The molecule has 15 aromatic carbocycles. The second-order valence-corrected chi connectivity index (χ2v) is 38.3. The van der Waals surface area contributed by atoms with Crippen LogP contribution in [0.4, 0.5) is 0 Å². The molecule has 0 radical (unpaired) electrons. The summed E-state index contributed by atoms with van der Waals surface area (Å²) in [6, 6.07) is 129. The van der Waals surface area contributed by atoms with Gasteiger partial charge in [0.05, 0.1) is 88.1 Å². The van der Waals surface area contributed by atoms with Gasteiger partial charge in [0.1, 0.15) is 0 Å². The molecule has 0 saturated carbocycles.